The predicted molar refractivity (Wildman–Crippen MR) is 78.7 cm³/mol. The summed E-state index contributed by atoms with van der Waals surface area (Å²) < 4.78 is 28.6. The Labute approximate surface area is 126 Å². The van der Waals surface area contributed by atoms with Crippen LogP contribution in [0.25, 0.3) is 0 Å². The first kappa shape index (κ1) is 15.2. The number of rotatable bonds is 2. The summed E-state index contributed by atoms with van der Waals surface area (Å²) >= 11 is 0. The molecule has 3 aliphatic heterocycles. The molecule has 0 saturated carbocycles. The van der Waals surface area contributed by atoms with E-state index in [4.69, 9.17) is 4.74 Å². The Balaban J connectivity index is 1.66. The van der Waals surface area contributed by atoms with Gasteiger partial charge in [0.15, 0.2) is 9.84 Å². The minimum atomic E-state index is -2.88. The average molecular weight is 316 g/mol. The topological polar surface area (TPSA) is 66.9 Å². The van der Waals surface area contributed by atoms with E-state index in [1.807, 2.05) is 18.7 Å². The standard InChI is InChI=1S/C14H24N2O4S/c1-14(2,16-3-5-20-6-4-16)13(17)15-7-11-9-21(18,19)10-12(11)8-15/h11-12H,3-10H2,1-2H3/t11-,12+. The van der Waals surface area contributed by atoms with Crippen LogP contribution in [0.2, 0.25) is 0 Å². The molecule has 0 spiro atoms. The lowest BCUT2D eigenvalue weighted by Crippen LogP contribution is -2.58. The van der Waals surface area contributed by atoms with E-state index in [2.05, 4.69) is 4.90 Å². The zero-order valence-electron chi connectivity index (χ0n) is 12.7. The maximum Gasteiger partial charge on any atom is 0.242 e. The molecule has 3 heterocycles. The smallest absolute Gasteiger partial charge is 0.242 e. The zero-order valence-corrected chi connectivity index (χ0v) is 13.6. The fourth-order valence-electron chi connectivity index (χ4n) is 3.85. The molecule has 1 amide bonds. The van der Waals surface area contributed by atoms with Crippen molar-refractivity contribution in [2.75, 3.05) is 50.9 Å². The number of ether oxygens (including phenoxy) is 1. The van der Waals surface area contributed by atoms with Gasteiger partial charge in [0.25, 0.3) is 0 Å². The van der Waals surface area contributed by atoms with E-state index < -0.39 is 15.4 Å². The number of nitrogens with zero attached hydrogens (tertiary/aromatic N) is 2. The minimum absolute atomic E-state index is 0.121. The van der Waals surface area contributed by atoms with Crippen LogP contribution in [0.4, 0.5) is 0 Å². The number of fused-ring (bicyclic) bond motifs is 1. The normalized spacial score (nSPS) is 33.1. The minimum Gasteiger partial charge on any atom is -0.379 e. The maximum absolute atomic E-state index is 12.9. The van der Waals surface area contributed by atoms with E-state index in [0.717, 1.165) is 13.1 Å². The van der Waals surface area contributed by atoms with Crippen molar-refractivity contribution >= 4 is 15.7 Å². The first-order valence-electron chi connectivity index (χ1n) is 7.62. The lowest BCUT2D eigenvalue weighted by Gasteiger charge is -2.41. The third-order valence-electron chi connectivity index (χ3n) is 5.12. The molecule has 120 valence electrons. The van der Waals surface area contributed by atoms with Crippen molar-refractivity contribution in [2.45, 2.75) is 19.4 Å². The summed E-state index contributed by atoms with van der Waals surface area (Å²) in [5.41, 5.74) is -0.540. The van der Waals surface area contributed by atoms with Crippen molar-refractivity contribution < 1.29 is 17.9 Å². The van der Waals surface area contributed by atoms with Crippen LogP contribution in [-0.4, -0.2) is 80.6 Å². The van der Waals surface area contributed by atoms with Gasteiger partial charge in [0.2, 0.25) is 5.91 Å². The van der Waals surface area contributed by atoms with E-state index in [1.165, 1.54) is 0 Å². The second-order valence-electron chi connectivity index (χ2n) is 6.97. The molecule has 21 heavy (non-hydrogen) atoms. The Bertz CT molecular complexity index is 505. The fraction of sp³-hybridized carbons (Fsp3) is 0.929. The molecule has 2 atom stereocenters. The van der Waals surface area contributed by atoms with Crippen LogP contribution in [0, 0.1) is 11.8 Å². The number of morpholine rings is 1. The van der Waals surface area contributed by atoms with Gasteiger partial charge in [0, 0.05) is 26.2 Å². The number of carbonyl (C=O) groups excluding carboxylic acids is 1. The molecule has 0 aromatic carbocycles. The summed E-state index contributed by atoms with van der Waals surface area (Å²) in [5, 5.41) is 0. The first-order valence-corrected chi connectivity index (χ1v) is 9.44. The molecule has 0 unspecified atom stereocenters. The zero-order chi connectivity index (χ0) is 15.3. The Hall–Kier alpha value is -0.660. The highest BCUT2D eigenvalue weighted by atomic mass is 32.2. The van der Waals surface area contributed by atoms with Crippen LogP contribution in [0.1, 0.15) is 13.8 Å². The quantitative estimate of drug-likeness (QED) is 0.693. The fourth-order valence-corrected chi connectivity index (χ4v) is 6.04. The third kappa shape index (κ3) is 2.83. The molecule has 3 fully saturated rings. The summed E-state index contributed by atoms with van der Waals surface area (Å²) in [5.74, 6) is 0.897. The van der Waals surface area contributed by atoms with E-state index in [0.29, 0.717) is 26.3 Å². The van der Waals surface area contributed by atoms with Gasteiger partial charge in [-0.1, -0.05) is 0 Å². The Morgan fingerprint density at radius 2 is 1.62 bits per heavy atom. The Morgan fingerprint density at radius 3 is 2.14 bits per heavy atom. The highest BCUT2D eigenvalue weighted by molar-refractivity contribution is 7.91. The van der Waals surface area contributed by atoms with Gasteiger partial charge in [-0.2, -0.15) is 0 Å². The maximum atomic E-state index is 12.9. The second-order valence-corrected chi connectivity index (χ2v) is 9.12. The molecule has 0 radical (unpaired) electrons. The molecular weight excluding hydrogens is 292 g/mol. The summed E-state index contributed by atoms with van der Waals surface area (Å²) in [4.78, 5) is 16.9. The summed E-state index contributed by atoms with van der Waals surface area (Å²) in [7, 11) is -2.88. The highest BCUT2D eigenvalue weighted by Gasteiger charge is 2.48. The molecule has 0 N–H and O–H groups in total. The van der Waals surface area contributed by atoms with Crippen LogP contribution in [-0.2, 0) is 19.4 Å². The Kier molecular flexibility index (Phi) is 3.78. The summed E-state index contributed by atoms with van der Waals surface area (Å²) in [6.07, 6.45) is 0. The van der Waals surface area contributed by atoms with Crippen LogP contribution >= 0.6 is 0 Å². The monoisotopic (exact) mass is 316 g/mol. The molecular formula is C14H24N2O4S. The van der Waals surface area contributed by atoms with Gasteiger partial charge in [-0.3, -0.25) is 9.69 Å². The van der Waals surface area contributed by atoms with Crippen molar-refractivity contribution in [1.82, 2.24) is 9.80 Å². The van der Waals surface area contributed by atoms with Crippen molar-refractivity contribution in [1.29, 1.82) is 0 Å². The lowest BCUT2D eigenvalue weighted by molar-refractivity contribution is -0.144. The van der Waals surface area contributed by atoms with Crippen molar-refractivity contribution in [3.63, 3.8) is 0 Å². The highest BCUT2D eigenvalue weighted by Crippen LogP contribution is 2.34. The number of likely N-dealkylation sites (tertiary alicyclic amines) is 1. The van der Waals surface area contributed by atoms with Gasteiger partial charge in [0.1, 0.15) is 0 Å². The van der Waals surface area contributed by atoms with Gasteiger partial charge in [-0.25, -0.2) is 8.42 Å². The van der Waals surface area contributed by atoms with Gasteiger partial charge in [-0.15, -0.1) is 0 Å². The van der Waals surface area contributed by atoms with Crippen LogP contribution in [0.3, 0.4) is 0 Å². The van der Waals surface area contributed by atoms with E-state index in [9.17, 15) is 13.2 Å². The average Bonchev–Trinajstić information content (AvgIpc) is 2.92. The number of carbonyl (C=O) groups is 1. The summed E-state index contributed by atoms with van der Waals surface area (Å²) in [6.45, 7) is 7.99. The van der Waals surface area contributed by atoms with Crippen LogP contribution < -0.4 is 0 Å². The van der Waals surface area contributed by atoms with Gasteiger partial charge in [-0.05, 0) is 25.7 Å². The van der Waals surface area contributed by atoms with E-state index in [1.54, 1.807) is 0 Å². The number of hydrogen-bond acceptors (Lipinski definition) is 5. The largest absolute Gasteiger partial charge is 0.379 e. The van der Waals surface area contributed by atoms with E-state index in [-0.39, 0.29) is 29.2 Å². The number of hydrogen-bond donors (Lipinski definition) is 0. The number of sulfone groups is 1. The molecule has 0 aliphatic carbocycles. The van der Waals surface area contributed by atoms with Crippen molar-refractivity contribution in [2.24, 2.45) is 11.8 Å². The molecule has 3 aliphatic rings. The first-order chi connectivity index (χ1) is 9.79. The van der Waals surface area contributed by atoms with Gasteiger partial charge < -0.3 is 9.64 Å². The van der Waals surface area contributed by atoms with Gasteiger partial charge >= 0.3 is 0 Å². The number of amides is 1. The van der Waals surface area contributed by atoms with Crippen LogP contribution in [0.5, 0.6) is 0 Å². The van der Waals surface area contributed by atoms with Crippen molar-refractivity contribution in [3.8, 4) is 0 Å². The van der Waals surface area contributed by atoms with E-state index >= 15 is 0 Å². The van der Waals surface area contributed by atoms with Crippen molar-refractivity contribution in [3.05, 3.63) is 0 Å². The molecule has 3 rings (SSSR count). The Morgan fingerprint density at radius 1 is 1.10 bits per heavy atom. The van der Waals surface area contributed by atoms with Crippen LogP contribution in [0.15, 0.2) is 0 Å². The SMILES string of the molecule is CC(C)(C(=O)N1C[C@@H]2CS(=O)(=O)C[C@@H]2C1)N1CCOCC1. The molecule has 7 heteroatoms. The molecule has 0 bridgehead atoms. The molecule has 0 aromatic rings. The summed E-state index contributed by atoms with van der Waals surface area (Å²) in [6, 6.07) is 0. The second kappa shape index (κ2) is 5.21. The molecule has 3 saturated heterocycles. The van der Waals surface area contributed by atoms with Gasteiger partial charge in [0.05, 0.1) is 30.3 Å². The third-order valence-corrected chi connectivity index (χ3v) is 7.00. The molecule has 0 aromatic heterocycles. The lowest BCUT2D eigenvalue weighted by atomic mass is 10.00. The predicted octanol–water partition coefficient (Wildman–Crippen LogP) is -0.400. The molecule has 6 nitrogen and oxygen atoms in total.